The van der Waals surface area contributed by atoms with Crippen LogP contribution in [0.4, 0.5) is 4.39 Å². The van der Waals surface area contributed by atoms with E-state index in [4.69, 9.17) is 5.11 Å². The summed E-state index contributed by atoms with van der Waals surface area (Å²) in [5, 5.41) is 9.10. The molecule has 1 aromatic rings. The van der Waals surface area contributed by atoms with Crippen molar-refractivity contribution in [3.8, 4) is 0 Å². The molecule has 1 N–H and O–H groups in total. The topological polar surface area (TPSA) is 65.3 Å². The van der Waals surface area contributed by atoms with Gasteiger partial charge in [-0.25, -0.2) is 14.4 Å². The van der Waals surface area contributed by atoms with Gasteiger partial charge in [0.25, 0.3) is 0 Å². The van der Waals surface area contributed by atoms with E-state index in [0.29, 0.717) is 30.1 Å². The van der Waals surface area contributed by atoms with Gasteiger partial charge < -0.3 is 10.0 Å². The number of carbonyl (C=O) groups excluding carboxylic acids is 1. The largest absolute Gasteiger partial charge is 0.392 e. The summed E-state index contributed by atoms with van der Waals surface area (Å²) in [5.74, 6) is 0.0288. The van der Waals surface area contributed by atoms with E-state index in [1.807, 2.05) is 0 Å². The van der Waals surface area contributed by atoms with Crippen LogP contribution < -0.4 is 0 Å². The summed E-state index contributed by atoms with van der Waals surface area (Å²) in [6.07, 6.45) is 1.97. The van der Waals surface area contributed by atoms with Gasteiger partial charge in [0.1, 0.15) is 5.82 Å². The molecule has 0 aromatic heterocycles. The maximum atomic E-state index is 14.1. The summed E-state index contributed by atoms with van der Waals surface area (Å²) in [6.45, 7) is 5.67. The fourth-order valence-corrected chi connectivity index (χ4v) is 2.25. The van der Waals surface area contributed by atoms with Crippen molar-refractivity contribution in [2.45, 2.75) is 20.0 Å². The van der Waals surface area contributed by atoms with Crippen LogP contribution in [0.15, 0.2) is 34.4 Å². The summed E-state index contributed by atoms with van der Waals surface area (Å²) in [4.78, 5) is 21.1. The van der Waals surface area contributed by atoms with Gasteiger partial charge in [-0.05, 0) is 19.2 Å². The van der Waals surface area contributed by atoms with Crippen LogP contribution in [0, 0.1) is 5.82 Å². The van der Waals surface area contributed by atoms with Crippen molar-refractivity contribution in [3.05, 3.63) is 41.3 Å². The number of aliphatic hydroxyl groups is 1. The molecular weight excluding hydrogens is 285 g/mol. The zero-order valence-electron chi connectivity index (χ0n) is 12.4. The van der Waals surface area contributed by atoms with Crippen LogP contribution in [0.2, 0.25) is 0 Å². The number of halogens is 1. The molecule has 6 heteroatoms. The Balaban J connectivity index is 2.26. The maximum absolute atomic E-state index is 14.1. The lowest BCUT2D eigenvalue weighted by Gasteiger charge is -2.14. The smallest absolute Gasteiger partial charge is 0.225 e. The van der Waals surface area contributed by atoms with Gasteiger partial charge in [-0.15, -0.1) is 0 Å². The fraction of sp³-hybridized carbons (Fsp3) is 0.312. The first-order chi connectivity index (χ1) is 10.6. The Kier molecular flexibility index (Phi) is 5.16. The van der Waals surface area contributed by atoms with Gasteiger partial charge in [-0.3, -0.25) is 4.79 Å². The highest BCUT2D eigenvalue weighted by atomic mass is 19.1. The minimum Gasteiger partial charge on any atom is -0.392 e. The average Bonchev–Trinajstić information content (AvgIpc) is 2.94. The third kappa shape index (κ3) is 3.46. The lowest BCUT2D eigenvalue weighted by molar-refractivity contribution is -0.116. The normalized spacial score (nSPS) is 16.3. The number of aliphatic hydroxyl groups excluding tert-OH is 1. The van der Waals surface area contributed by atoms with Gasteiger partial charge in [0.05, 0.1) is 13.2 Å². The first kappa shape index (κ1) is 16.0. The molecule has 2 rings (SSSR count). The first-order valence-electron chi connectivity index (χ1n) is 6.93. The molecule has 0 spiro atoms. The number of likely N-dealkylation sites (tertiary alicyclic amines) is 1. The van der Waals surface area contributed by atoms with Crippen LogP contribution in [0.25, 0.3) is 5.57 Å². The zero-order chi connectivity index (χ0) is 16.1. The summed E-state index contributed by atoms with van der Waals surface area (Å²) >= 11 is 0. The van der Waals surface area contributed by atoms with Crippen molar-refractivity contribution in [1.29, 1.82) is 0 Å². The molecule has 0 amide bonds. The minimum absolute atomic E-state index is 0.138. The van der Waals surface area contributed by atoms with Crippen LogP contribution >= 0.6 is 0 Å². The van der Waals surface area contributed by atoms with Crippen molar-refractivity contribution in [3.63, 3.8) is 0 Å². The molecule has 116 valence electrons. The summed E-state index contributed by atoms with van der Waals surface area (Å²) in [7, 11) is 0. The molecule has 1 fully saturated rings. The Labute approximate surface area is 128 Å². The van der Waals surface area contributed by atoms with Gasteiger partial charge in [-0.2, -0.15) is 0 Å². The molecular formula is C16H18FN3O2. The Morgan fingerprint density at radius 1 is 1.55 bits per heavy atom. The molecule has 0 bridgehead atoms. The summed E-state index contributed by atoms with van der Waals surface area (Å²) in [5.41, 5.74) is 1.21. The van der Waals surface area contributed by atoms with Gasteiger partial charge in [0.15, 0.2) is 5.78 Å². The molecule has 1 aliphatic heterocycles. The molecule has 1 saturated heterocycles. The van der Waals surface area contributed by atoms with Crippen LogP contribution in [-0.2, 0) is 11.4 Å². The third-order valence-electron chi connectivity index (χ3n) is 3.50. The quantitative estimate of drug-likeness (QED) is 0.686. The minimum atomic E-state index is -0.460. The number of Topliss-reactive ketones (excluding diaryl/α,β-unsaturated/α-hetero) is 1. The number of hydrogen-bond acceptors (Lipinski definition) is 3. The molecule has 1 aliphatic rings. The predicted molar refractivity (Wildman–Crippen MR) is 84.2 cm³/mol. The van der Waals surface area contributed by atoms with Gasteiger partial charge in [-0.1, -0.05) is 18.2 Å². The van der Waals surface area contributed by atoms with Crippen molar-refractivity contribution >= 4 is 24.0 Å². The van der Waals surface area contributed by atoms with Crippen LogP contribution in [0.3, 0.4) is 0 Å². The number of ketones is 1. The molecule has 0 aliphatic carbocycles. The number of guanidine groups is 1. The van der Waals surface area contributed by atoms with Crippen molar-refractivity contribution in [2.75, 3.05) is 13.1 Å². The van der Waals surface area contributed by atoms with E-state index >= 15 is 0 Å². The number of allylic oxidation sites excluding steroid dienone is 1. The monoisotopic (exact) mass is 303 g/mol. The number of hydrogen-bond donors (Lipinski definition) is 1. The molecule has 0 saturated carbocycles. The Bertz CT molecular complexity index is 653. The molecule has 5 nitrogen and oxygen atoms in total. The van der Waals surface area contributed by atoms with Gasteiger partial charge >= 0.3 is 0 Å². The number of benzene rings is 1. The van der Waals surface area contributed by atoms with Crippen LogP contribution in [-0.4, -0.2) is 41.6 Å². The lowest BCUT2D eigenvalue weighted by atomic mass is 10.0. The van der Waals surface area contributed by atoms with Gasteiger partial charge in [0.2, 0.25) is 5.96 Å². The molecule has 1 heterocycles. The Morgan fingerprint density at radius 3 is 2.91 bits per heavy atom. The highest BCUT2D eigenvalue weighted by Gasteiger charge is 2.21. The zero-order valence-corrected chi connectivity index (χ0v) is 12.4. The second kappa shape index (κ2) is 7.09. The Hall–Kier alpha value is -2.34. The van der Waals surface area contributed by atoms with Crippen LogP contribution in [0.5, 0.6) is 0 Å². The van der Waals surface area contributed by atoms with Gasteiger partial charge in [0, 0.05) is 30.3 Å². The predicted octanol–water partition coefficient (Wildman–Crippen LogP) is 2.01. The molecule has 22 heavy (non-hydrogen) atoms. The average molecular weight is 303 g/mol. The van der Waals surface area contributed by atoms with E-state index in [9.17, 15) is 9.18 Å². The van der Waals surface area contributed by atoms with Crippen LogP contribution in [0.1, 0.15) is 24.5 Å². The number of nitrogens with zero attached hydrogens (tertiary/aromatic N) is 3. The van der Waals surface area contributed by atoms with Crippen molar-refractivity contribution in [1.82, 2.24) is 4.90 Å². The van der Waals surface area contributed by atoms with E-state index < -0.39 is 5.82 Å². The number of aliphatic imine (C=N–C) groups is 2. The SMILES string of the molecule is C=NC(=N/C=C(\C)c1cccc(CO)c1F)N1CCC(=O)C1. The molecule has 0 unspecified atom stereocenters. The second-order valence-corrected chi connectivity index (χ2v) is 5.05. The summed E-state index contributed by atoms with van der Waals surface area (Å²) in [6, 6.07) is 4.83. The molecule has 0 atom stereocenters. The fourth-order valence-electron chi connectivity index (χ4n) is 2.25. The van der Waals surface area contributed by atoms with E-state index in [0.717, 1.165) is 0 Å². The highest BCUT2D eigenvalue weighted by molar-refractivity contribution is 5.93. The van der Waals surface area contributed by atoms with E-state index in [2.05, 4.69) is 16.7 Å². The van der Waals surface area contributed by atoms with E-state index in [-0.39, 0.29) is 24.5 Å². The number of rotatable bonds is 3. The van der Waals surface area contributed by atoms with E-state index in [1.54, 1.807) is 24.0 Å². The van der Waals surface area contributed by atoms with E-state index in [1.165, 1.54) is 12.3 Å². The second-order valence-electron chi connectivity index (χ2n) is 5.05. The maximum Gasteiger partial charge on any atom is 0.225 e. The van der Waals surface area contributed by atoms with Crippen molar-refractivity contribution < 1.29 is 14.3 Å². The number of carbonyl (C=O) groups is 1. The molecule has 1 aromatic carbocycles. The molecule has 0 radical (unpaired) electrons. The Morgan fingerprint density at radius 2 is 2.32 bits per heavy atom. The van der Waals surface area contributed by atoms with Crippen molar-refractivity contribution in [2.24, 2.45) is 9.98 Å². The highest BCUT2D eigenvalue weighted by Crippen LogP contribution is 2.21. The summed E-state index contributed by atoms with van der Waals surface area (Å²) < 4.78 is 14.1. The standard InChI is InChI=1S/C16H18FN3O2/c1-11(14-5-3-4-12(10-21)15(14)17)8-19-16(18-2)20-7-6-13(22)9-20/h3-5,8,21H,2,6-7,9-10H2,1H3/b11-8+,19-16?. The first-order valence-corrected chi connectivity index (χ1v) is 6.93. The third-order valence-corrected chi connectivity index (χ3v) is 3.50. The lowest BCUT2D eigenvalue weighted by Crippen LogP contribution is -2.26.